The van der Waals surface area contributed by atoms with E-state index in [1.54, 1.807) is 0 Å². The number of hydrogen-bond donors (Lipinski definition) is 3. The maximum absolute atomic E-state index is 10.0. The Hall–Kier alpha value is -0.120. The molecule has 3 N–H and O–H groups in total. The zero-order valence-corrected chi connectivity index (χ0v) is 11.5. The van der Waals surface area contributed by atoms with E-state index in [4.69, 9.17) is 0 Å². The summed E-state index contributed by atoms with van der Waals surface area (Å²) in [6, 6.07) is 0. The lowest BCUT2D eigenvalue weighted by atomic mass is 9.87. The molecule has 0 radical (unpaired) electrons. The van der Waals surface area contributed by atoms with Crippen LogP contribution in [0.2, 0.25) is 0 Å². The summed E-state index contributed by atoms with van der Waals surface area (Å²) in [6.07, 6.45) is 10.8. The summed E-state index contributed by atoms with van der Waals surface area (Å²) in [5, 5.41) is 22.9. The summed E-state index contributed by atoms with van der Waals surface area (Å²) in [6.45, 7) is 1.85. The van der Waals surface area contributed by atoms with E-state index in [0.717, 1.165) is 31.7 Å². The maximum Gasteiger partial charge on any atom is 0.0667 e. The second-order valence-electron chi connectivity index (χ2n) is 6.54. The van der Waals surface area contributed by atoms with E-state index >= 15 is 0 Å². The van der Waals surface area contributed by atoms with Crippen LogP contribution in [0.15, 0.2) is 0 Å². The lowest BCUT2D eigenvalue weighted by Crippen LogP contribution is -2.39. The molecule has 2 saturated carbocycles. The SMILES string of the molecule is OCC1(CNCC(O)CC2CCCC2)CCCC1. The number of nitrogens with one attached hydrogen (secondary N) is 1. The van der Waals surface area contributed by atoms with Gasteiger partial charge in [-0.15, -0.1) is 0 Å². The van der Waals surface area contributed by atoms with Crippen LogP contribution in [-0.2, 0) is 0 Å². The molecule has 18 heavy (non-hydrogen) atoms. The molecule has 2 aliphatic rings. The third kappa shape index (κ3) is 3.94. The van der Waals surface area contributed by atoms with Gasteiger partial charge in [0.05, 0.1) is 6.10 Å². The van der Waals surface area contributed by atoms with Crippen molar-refractivity contribution in [2.75, 3.05) is 19.7 Å². The molecule has 0 aromatic heterocycles. The molecule has 3 heteroatoms. The smallest absolute Gasteiger partial charge is 0.0667 e. The molecule has 3 nitrogen and oxygen atoms in total. The van der Waals surface area contributed by atoms with Crippen molar-refractivity contribution in [1.29, 1.82) is 0 Å². The van der Waals surface area contributed by atoms with Gasteiger partial charge < -0.3 is 15.5 Å². The second-order valence-corrected chi connectivity index (χ2v) is 6.54. The van der Waals surface area contributed by atoms with Gasteiger partial charge in [-0.2, -0.15) is 0 Å². The second kappa shape index (κ2) is 6.88. The molecular formula is C15H29NO2. The highest BCUT2D eigenvalue weighted by Crippen LogP contribution is 2.36. The highest BCUT2D eigenvalue weighted by atomic mass is 16.3. The average Bonchev–Trinajstić information content (AvgIpc) is 3.01. The van der Waals surface area contributed by atoms with Gasteiger partial charge in [0.15, 0.2) is 0 Å². The Labute approximate surface area is 111 Å². The third-order valence-corrected chi connectivity index (χ3v) is 4.96. The molecule has 2 rings (SSSR count). The van der Waals surface area contributed by atoms with Crippen LogP contribution in [0.5, 0.6) is 0 Å². The summed E-state index contributed by atoms with van der Waals surface area (Å²) < 4.78 is 0. The van der Waals surface area contributed by atoms with Crippen LogP contribution in [0.1, 0.15) is 57.8 Å². The largest absolute Gasteiger partial charge is 0.396 e. The summed E-state index contributed by atoms with van der Waals surface area (Å²) in [4.78, 5) is 0. The molecule has 0 aromatic rings. The van der Waals surface area contributed by atoms with Crippen LogP contribution in [0.25, 0.3) is 0 Å². The molecule has 0 saturated heterocycles. The quantitative estimate of drug-likeness (QED) is 0.653. The van der Waals surface area contributed by atoms with Crippen molar-refractivity contribution in [2.24, 2.45) is 11.3 Å². The molecule has 0 bridgehead atoms. The Balaban J connectivity index is 1.61. The summed E-state index contributed by atoms with van der Waals surface area (Å²) >= 11 is 0. The predicted octanol–water partition coefficient (Wildman–Crippen LogP) is 2.07. The first-order chi connectivity index (χ1) is 8.74. The third-order valence-electron chi connectivity index (χ3n) is 4.96. The van der Waals surface area contributed by atoms with Gasteiger partial charge in [0, 0.05) is 25.1 Å². The van der Waals surface area contributed by atoms with Gasteiger partial charge in [-0.25, -0.2) is 0 Å². The Kier molecular flexibility index (Phi) is 5.46. The van der Waals surface area contributed by atoms with Gasteiger partial charge in [0.25, 0.3) is 0 Å². The van der Waals surface area contributed by atoms with Crippen molar-refractivity contribution in [3.63, 3.8) is 0 Å². The average molecular weight is 255 g/mol. The number of hydrogen-bond acceptors (Lipinski definition) is 3. The zero-order valence-electron chi connectivity index (χ0n) is 11.5. The van der Waals surface area contributed by atoms with E-state index in [1.165, 1.54) is 38.5 Å². The standard InChI is InChI=1S/C15H29NO2/c17-12-15(7-3-4-8-15)11-16-10-14(18)9-13-5-1-2-6-13/h13-14,16-18H,1-12H2. The fraction of sp³-hybridized carbons (Fsp3) is 1.00. The van der Waals surface area contributed by atoms with E-state index < -0.39 is 0 Å². The first-order valence-electron chi connectivity index (χ1n) is 7.74. The van der Waals surface area contributed by atoms with Crippen molar-refractivity contribution in [3.8, 4) is 0 Å². The molecule has 0 aliphatic heterocycles. The topological polar surface area (TPSA) is 52.5 Å². The van der Waals surface area contributed by atoms with Crippen molar-refractivity contribution >= 4 is 0 Å². The molecule has 1 unspecified atom stereocenters. The Bertz CT molecular complexity index is 233. The van der Waals surface area contributed by atoms with E-state index in [1.807, 2.05) is 0 Å². The molecule has 0 spiro atoms. The molecule has 0 amide bonds. The van der Waals surface area contributed by atoms with E-state index in [2.05, 4.69) is 5.32 Å². The Morgan fingerprint density at radius 1 is 1.11 bits per heavy atom. The Morgan fingerprint density at radius 3 is 2.39 bits per heavy atom. The van der Waals surface area contributed by atoms with Crippen LogP contribution in [0.3, 0.4) is 0 Å². The van der Waals surface area contributed by atoms with Gasteiger partial charge in [-0.3, -0.25) is 0 Å². The van der Waals surface area contributed by atoms with Gasteiger partial charge in [-0.1, -0.05) is 38.5 Å². The summed E-state index contributed by atoms with van der Waals surface area (Å²) in [5.74, 6) is 0.750. The minimum absolute atomic E-state index is 0.104. The zero-order chi connectivity index (χ0) is 12.8. The minimum atomic E-state index is -0.203. The van der Waals surface area contributed by atoms with E-state index in [-0.39, 0.29) is 11.5 Å². The van der Waals surface area contributed by atoms with Crippen molar-refractivity contribution < 1.29 is 10.2 Å². The fourth-order valence-electron chi connectivity index (χ4n) is 3.73. The Morgan fingerprint density at radius 2 is 1.78 bits per heavy atom. The number of rotatable bonds is 7. The number of aliphatic hydroxyl groups excluding tert-OH is 2. The van der Waals surface area contributed by atoms with Crippen LogP contribution in [-0.4, -0.2) is 36.0 Å². The minimum Gasteiger partial charge on any atom is -0.396 e. The van der Waals surface area contributed by atoms with Crippen molar-refractivity contribution in [2.45, 2.75) is 63.9 Å². The van der Waals surface area contributed by atoms with Gasteiger partial charge >= 0.3 is 0 Å². The normalized spacial score (nSPS) is 25.7. The highest BCUT2D eigenvalue weighted by molar-refractivity contribution is 4.86. The monoisotopic (exact) mass is 255 g/mol. The fourth-order valence-corrected chi connectivity index (χ4v) is 3.73. The van der Waals surface area contributed by atoms with Crippen molar-refractivity contribution in [3.05, 3.63) is 0 Å². The summed E-state index contributed by atoms with van der Waals surface area (Å²) in [7, 11) is 0. The predicted molar refractivity (Wildman–Crippen MR) is 73.4 cm³/mol. The molecule has 2 aliphatic carbocycles. The maximum atomic E-state index is 10.0. The molecule has 106 valence electrons. The number of aliphatic hydroxyl groups is 2. The lowest BCUT2D eigenvalue weighted by Gasteiger charge is -2.27. The van der Waals surface area contributed by atoms with E-state index in [9.17, 15) is 10.2 Å². The van der Waals surface area contributed by atoms with Gasteiger partial charge in [-0.05, 0) is 25.2 Å². The van der Waals surface area contributed by atoms with E-state index in [0.29, 0.717) is 13.2 Å². The van der Waals surface area contributed by atoms with Crippen molar-refractivity contribution in [1.82, 2.24) is 5.32 Å². The molecule has 0 heterocycles. The van der Waals surface area contributed by atoms with Gasteiger partial charge in [0.2, 0.25) is 0 Å². The van der Waals surface area contributed by atoms with Crippen LogP contribution >= 0.6 is 0 Å². The molecule has 2 fully saturated rings. The highest BCUT2D eigenvalue weighted by Gasteiger charge is 2.32. The summed E-state index contributed by atoms with van der Waals surface area (Å²) in [5.41, 5.74) is 0.104. The molecule has 1 atom stereocenters. The first-order valence-corrected chi connectivity index (χ1v) is 7.74. The first kappa shape index (κ1) is 14.3. The molecule has 0 aromatic carbocycles. The van der Waals surface area contributed by atoms with Crippen LogP contribution in [0, 0.1) is 11.3 Å². The van der Waals surface area contributed by atoms with Gasteiger partial charge in [0.1, 0.15) is 0 Å². The lowest BCUT2D eigenvalue weighted by molar-refractivity contribution is 0.109. The van der Waals surface area contributed by atoms with Crippen LogP contribution < -0.4 is 5.32 Å². The van der Waals surface area contributed by atoms with Crippen LogP contribution in [0.4, 0.5) is 0 Å². The molecular weight excluding hydrogens is 226 g/mol.